The highest BCUT2D eigenvalue weighted by Crippen LogP contribution is 2.43. The number of hydrogen-bond donors (Lipinski definition) is 2. The minimum absolute atomic E-state index is 0.0511. The number of hydrogen-bond acceptors (Lipinski definition) is 8. The van der Waals surface area contributed by atoms with Gasteiger partial charge in [-0.25, -0.2) is 4.57 Å². The molecule has 0 fully saturated rings. The molecule has 0 aromatic carbocycles. The molecule has 9 nitrogen and oxygen atoms in total. The lowest BCUT2D eigenvalue weighted by molar-refractivity contribution is -0.161. The zero-order valence-electron chi connectivity index (χ0n) is 64.7. The third-order valence-corrected chi connectivity index (χ3v) is 19.3. The molecule has 0 aromatic rings. The highest BCUT2D eigenvalue weighted by Gasteiger charge is 2.26. The van der Waals surface area contributed by atoms with Crippen LogP contribution >= 0.6 is 7.82 Å². The molecule has 3 N–H and O–H groups in total. The fraction of sp³-hybridized carbons (Fsp3) is 0.753. The third kappa shape index (κ3) is 83.2. The Hall–Kier alpha value is -3.59. The molecule has 0 amide bonds. The predicted molar refractivity (Wildman–Crippen MR) is 431 cm³/mol. The largest absolute Gasteiger partial charge is 0.472 e. The van der Waals surface area contributed by atoms with E-state index >= 15 is 0 Å². The average Bonchev–Trinajstić information content (AvgIpc) is 1.19. The zero-order chi connectivity index (χ0) is 71.5. The number of phosphoric ester groups is 1. The fourth-order valence-corrected chi connectivity index (χ4v) is 12.9. The van der Waals surface area contributed by atoms with E-state index in [1.807, 2.05) is 0 Å². The molecule has 0 radical (unpaired) electrons. The number of esters is 2. The molecule has 0 saturated carbocycles. The third-order valence-electron chi connectivity index (χ3n) is 18.3. The second-order valence-electron chi connectivity index (χ2n) is 28.0. The van der Waals surface area contributed by atoms with E-state index in [0.717, 1.165) is 96.3 Å². The minimum Gasteiger partial charge on any atom is -0.462 e. The van der Waals surface area contributed by atoms with E-state index < -0.39 is 26.5 Å². The first-order chi connectivity index (χ1) is 48.8. The molecule has 10 heteroatoms. The summed E-state index contributed by atoms with van der Waals surface area (Å²) in [4.78, 5) is 35.5. The number of nitrogens with two attached hydrogens (primary N) is 1. The minimum atomic E-state index is -4.40. The van der Waals surface area contributed by atoms with Gasteiger partial charge < -0.3 is 20.1 Å². The highest BCUT2D eigenvalue weighted by atomic mass is 31.2. The molecule has 0 heterocycles. The van der Waals surface area contributed by atoms with Crippen molar-refractivity contribution in [2.24, 2.45) is 5.73 Å². The van der Waals surface area contributed by atoms with Gasteiger partial charge in [-0.3, -0.25) is 18.6 Å². The zero-order valence-corrected chi connectivity index (χ0v) is 65.6. The van der Waals surface area contributed by atoms with Crippen LogP contribution in [0.3, 0.4) is 0 Å². The van der Waals surface area contributed by atoms with Gasteiger partial charge in [-0.1, -0.05) is 399 Å². The number of phosphoric acid groups is 1. The van der Waals surface area contributed by atoms with Crippen molar-refractivity contribution >= 4 is 19.8 Å². The summed E-state index contributed by atoms with van der Waals surface area (Å²) < 4.78 is 33.3. The van der Waals surface area contributed by atoms with Crippen LogP contribution in [0.25, 0.3) is 0 Å². The first kappa shape index (κ1) is 95.4. The Balaban J connectivity index is 3.81. The summed E-state index contributed by atoms with van der Waals surface area (Å²) in [7, 11) is -4.40. The molecule has 0 saturated heterocycles. The quantitative estimate of drug-likeness (QED) is 0.0264. The summed E-state index contributed by atoms with van der Waals surface area (Å²) >= 11 is 0. The van der Waals surface area contributed by atoms with Gasteiger partial charge in [0.1, 0.15) is 6.61 Å². The Morgan fingerprint density at radius 3 is 0.838 bits per heavy atom. The molecule has 0 aliphatic rings. The second-order valence-corrected chi connectivity index (χ2v) is 29.4. The molecule has 0 spiro atoms. The summed E-state index contributed by atoms with van der Waals surface area (Å²) in [6.45, 7) is 3.68. The molecule has 2 atom stereocenters. The van der Waals surface area contributed by atoms with E-state index in [0.29, 0.717) is 6.42 Å². The van der Waals surface area contributed by atoms with Gasteiger partial charge in [0.15, 0.2) is 6.10 Å². The monoisotopic (exact) mass is 1400 g/mol. The molecule has 2 unspecified atom stereocenters. The van der Waals surface area contributed by atoms with Gasteiger partial charge in [0.05, 0.1) is 13.2 Å². The van der Waals surface area contributed by atoms with Crippen molar-refractivity contribution in [3.63, 3.8) is 0 Å². The van der Waals surface area contributed by atoms with E-state index in [-0.39, 0.29) is 38.6 Å². The maximum Gasteiger partial charge on any atom is 0.472 e. The van der Waals surface area contributed by atoms with Crippen LogP contribution in [0.1, 0.15) is 399 Å². The number of allylic oxidation sites excluding steroid dienone is 20. The number of unbranched alkanes of at least 4 members (excludes halogenated alkanes) is 46. The van der Waals surface area contributed by atoms with Crippen LogP contribution in [0.5, 0.6) is 0 Å². The van der Waals surface area contributed by atoms with Crippen molar-refractivity contribution in [2.75, 3.05) is 26.4 Å². The summed E-state index contributed by atoms with van der Waals surface area (Å²) in [5.41, 5.74) is 5.42. The van der Waals surface area contributed by atoms with Gasteiger partial charge in [-0.2, -0.15) is 0 Å². The summed E-state index contributed by atoms with van der Waals surface area (Å²) in [6.07, 6.45) is 118. The van der Waals surface area contributed by atoms with E-state index in [2.05, 4.69) is 135 Å². The smallest absolute Gasteiger partial charge is 0.462 e. The van der Waals surface area contributed by atoms with Crippen molar-refractivity contribution < 1.29 is 37.6 Å². The van der Waals surface area contributed by atoms with E-state index in [4.69, 9.17) is 24.3 Å². The molecule has 99 heavy (non-hydrogen) atoms. The molecular weight excluding hydrogens is 1240 g/mol. The van der Waals surface area contributed by atoms with Crippen LogP contribution in [0.2, 0.25) is 0 Å². The maximum absolute atomic E-state index is 12.8. The molecule has 0 aromatic heterocycles. The first-order valence-corrected chi connectivity index (χ1v) is 43.5. The Morgan fingerprint density at radius 1 is 0.313 bits per heavy atom. The number of ether oxygens (including phenoxy) is 2. The fourth-order valence-electron chi connectivity index (χ4n) is 12.2. The molecular formula is C89H158NO8P. The normalized spacial score (nSPS) is 13.5. The van der Waals surface area contributed by atoms with E-state index in [1.165, 1.54) is 270 Å². The van der Waals surface area contributed by atoms with Crippen molar-refractivity contribution in [1.82, 2.24) is 0 Å². The van der Waals surface area contributed by atoms with Crippen molar-refractivity contribution in [1.29, 1.82) is 0 Å². The van der Waals surface area contributed by atoms with Crippen LogP contribution in [-0.2, 0) is 32.7 Å². The van der Waals surface area contributed by atoms with Crippen LogP contribution in [0.15, 0.2) is 122 Å². The van der Waals surface area contributed by atoms with Gasteiger partial charge >= 0.3 is 19.8 Å². The van der Waals surface area contributed by atoms with Gasteiger partial charge in [0.2, 0.25) is 0 Å². The van der Waals surface area contributed by atoms with Gasteiger partial charge in [-0.15, -0.1) is 0 Å². The van der Waals surface area contributed by atoms with E-state index in [9.17, 15) is 19.0 Å². The summed E-state index contributed by atoms with van der Waals surface area (Å²) in [6, 6.07) is 0. The Morgan fingerprint density at radius 2 is 0.556 bits per heavy atom. The Kier molecular flexibility index (Phi) is 80.3. The standard InChI is InChI=1S/C89H158NO8P/c1-3-5-7-9-11-13-15-17-19-21-23-25-27-29-31-33-35-37-39-41-42-43-44-46-48-50-52-54-56-58-60-62-64-66-68-70-72-74-76-78-80-82-89(92)98-87(86-97-99(93,94)96-84-83-90)85-95-88(91)81-79-77-75-73-71-69-67-65-63-61-59-57-55-53-51-49-47-45-40-38-36-34-32-30-28-26-24-22-20-18-16-14-12-10-8-6-4-2/h5,7,11,13,17,19,22-25,29,31,35,37,41-42,44,46,50,52,87H,3-4,6,8-10,12,14-16,18,20-21,26-28,30,32-34,36,38-40,43,45,47-49,51,53-86,90H2,1-2H3,(H,93,94)/b7-5-,13-11-,19-17-,24-22-,25-23-,31-29-,37-35-,42-41-,46-44-,52-50-. The lowest BCUT2D eigenvalue weighted by Crippen LogP contribution is -2.29. The maximum atomic E-state index is 12.8. The summed E-state index contributed by atoms with van der Waals surface area (Å²) in [5, 5.41) is 0. The second kappa shape index (κ2) is 83.4. The van der Waals surface area contributed by atoms with Gasteiger partial charge in [0, 0.05) is 19.4 Å². The lowest BCUT2D eigenvalue weighted by atomic mass is 10.0. The SMILES string of the molecule is CC/C=C\C/C=C\C/C=C\C/C=C\C/C=C\C/C=C\C/C=C\C/C=C\C/C=C\CCCCCCCCCCCCCCCC(=O)OC(COC(=O)CCCCCCCCCCCCCCCCCCCCCCCCCCC/C=C\CCCCCCCCCC)COP(=O)(O)OCCN. The first-order valence-electron chi connectivity index (χ1n) is 42.0. The average molecular weight is 1400 g/mol. The Labute approximate surface area is 612 Å². The topological polar surface area (TPSA) is 134 Å². The number of rotatable bonds is 79. The Bertz CT molecular complexity index is 2050. The molecule has 0 rings (SSSR count). The molecule has 572 valence electrons. The van der Waals surface area contributed by atoms with Crippen molar-refractivity contribution in [3.8, 4) is 0 Å². The lowest BCUT2D eigenvalue weighted by Gasteiger charge is -2.19. The molecule has 0 aliphatic heterocycles. The van der Waals surface area contributed by atoms with E-state index in [1.54, 1.807) is 0 Å². The van der Waals surface area contributed by atoms with Crippen LogP contribution in [0.4, 0.5) is 0 Å². The summed E-state index contributed by atoms with van der Waals surface area (Å²) in [5.74, 6) is -0.816. The molecule has 0 bridgehead atoms. The van der Waals surface area contributed by atoms with Crippen LogP contribution in [0, 0.1) is 0 Å². The molecule has 0 aliphatic carbocycles. The predicted octanol–water partition coefficient (Wildman–Crippen LogP) is 28.5. The van der Waals surface area contributed by atoms with Crippen LogP contribution < -0.4 is 5.73 Å². The van der Waals surface area contributed by atoms with Gasteiger partial charge in [0.25, 0.3) is 0 Å². The number of carbonyl (C=O) groups is 2. The van der Waals surface area contributed by atoms with Crippen molar-refractivity contribution in [3.05, 3.63) is 122 Å². The van der Waals surface area contributed by atoms with Crippen LogP contribution in [-0.4, -0.2) is 49.3 Å². The van der Waals surface area contributed by atoms with Crippen molar-refractivity contribution in [2.45, 2.75) is 405 Å². The number of carbonyl (C=O) groups excluding carboxylic acids is 2. The van der Waals surface area contributed by atoms with Gasteiger partial charge in [-0.05, 0) is 109 Å². The highest BCUT2D eigenvalue weighted by molar-refractivity contribution is 7.47.